The Morgan fingerprint density at radius 3 is 2.30 bits per heavy atom. The van der Waals surface area contributed by atoms with Gasteiger partial charge in [-0.05, 0) is 6.42 Å². The van der Waals surface area contributed by atoms with E-state index in [1.807, 2.05) is 0 Å². The monoisotopic (exact) mass is 148 g/mol. The molecule has 5 heteroatoms. The van der Waals surface area contributed by atoms with E-state index >= 15 is 0 Å². The van der Waals surface area contributed by atoms with E-state index in [1.165, 1.54) is 0 Å². The summed E-state index contributed by atoms with van der Waals surface area (Å²) in [7, 11) is 0. The fourth-order valence-electron chi connectivity index (χ4n) is 0.523. The Hall–Kier alpha value is -0.650. The second-order valence-corrected chi connectivity index (χ2v) is 2.24. The molecule has 5 nitrogen and oxygen atoms in total. The molecule has 0 aromatic heterocycles. The van der Waals surface area contributed by atoms with Gasteiger partial charge in [-0.1, -0.05) is 0 Å². The van der Waals surface area contributed by atoms with Gasteiger partial charge in [0.25, 0.3) is 0 Å². The van der Waals surface area contributed by atoms with E-state index in [0.29, 0.717) is 6.42 Å². The van der Waals surface area contributed by atoms with Crippen molar-refractivity contribution in [2.75, 3.05) is 0 Å². The van der Waals surface area contributed by atoms with Crippen LogP contribution in [0.3, 0.4) is 0 Å². The number of hydrogen-bond acceptors (Lipinski definition) is 4. The molecule has 0 rings (SSSR count). The molecule has 0 atom stereocenters. The Bertz CT molecular complexity index is 119. The lowest BCUT2D eigenvalue weighted by atomic mass is 10.2. The van der Waals surface area contributed by atoms with Gasteiger partial charge >= 0.3 is 5.97 Å². The number of carboxylic acid groups (broad SMARTS) is 1. The maximum Gasteiger partial charge on any atom is 0.303 e. The highest BCUT2D eigenvalue weighted by molar-refractivity contribution is 5.66. The van der Waals surface area contributed by atoms with Crippen LogP contribution in [0.1, 0.15) is 19.3 Å². The lowest BCUT2D eigenvalue weighted by Crippen LogP contribution is -2.48. The minimum Gasteiger partial charge on any atom is -0.481 e. The fourth-order valence-corrected chi connectivity index (χ4v) is 0.523. The molecule has 0 aromatic carbocycles. The average molecular weight is 148 g/mol. The van der Waals surface area contributed by atoms with Gasteiger partial charge in [0, 0.05) is 12.8 Å². The van der Waals surface area contributed by atoms with E-state index in [9.17, 15) is 4.79 Å². The molecule has 0 unspecified atom stereocenters. The van der Waals surface area contributed by atoms with Crippen LogP contribution in [-0.4, -0.2) is 22.0 Å². The highest BCUT2D eigenvalue weighted by Gasteiger charge is 2.13. The predicted molar refractivity (Wildman–Crippen MR) is 34.8 cm³/mol. The van der Waals surface area contributed by atoms with Crippen molar-refractivity contribution in [3.8, 4) is 0 Å². The van der Waals surface area contributed by atoms with E-state index < -0.39 is 11.8 Å². The van der Waals surface area contributed by atoms with Gasteiger partial charge in [-0.25, -0.2) is 0 Å². The molecule has 0 aromatic rings. The molecule has 0 spiro atoms. The van der Waals surface area contributed by atoms with E-state index in [-0.39, 0.29) is 12.8 Å². The number of nitrogens with two attached hydrogens (primary N) is 2. The molecule has 0 aliphatic carbocycles. The van der Waals surface area contributed by atoms with Crippen LogP contribution in [0.15, 0.2) is 0 Å². The molecular formula is C5H12N2O3. The first-order valence-corrected chi connectivity index (χ1v) is 2.94. The summed E-state index contributed by atoms with van der Waals surface area (Å²) in [5, 5.41) is 16.8. The second-order valence-electron chi connectivity index (χ2n) is 2.24. The highest BCUT2D eigenvalue weighted by Crippen LogP contribution is 2.01. The van der Waals surface area contributed by atoms with Crippen molar-refractivity contribution in [1.29, 1.82) is 0 Å². The predicted octanol–water partition coefficient (Wildman–Crippen LogP) is -1.20. The van der Waals surface area contributed by atoms with Crippen LogP contribution in [0.25, 0.3) is 0 Å². The van der Waals surface area contributed by atoms with Gasteiger partial charge in [0.05, 0.1) is 0 Å². The summed E-state index contributed by atoms with van der Waals surface area (Å²) >= 11 is 0. The standard InChI is InChI=1S/C5H12N2O3/c6-5(7,10)3-1-2-4(8)9/h10H,1-3,6-7H2,(H,8,9). The van der Waals surface area contributed by atoms with E-state index in [4.69, 9.17) is 21.7 Å². The van der Waals surface area contributed by atoms with Crippen LogP contribution in [0.5, 0.6) is 0 Å². The molecule has 0 aliphatic rings. The first-order valence-electron chi connectivity index (χ1n) is 2.94. The maximum absolute atomic E-state index is 9.92. The van der Waals surface area contributed by atoms with Crippen LogP contribution < -0.4 is 11.5 Å². The third kappa shape index (κ3) is 7.35. The molecule has 6 N–H and O–H groups in total. The van der Waals surface area contributed by atoms with Crippen molar-refractivity contribution in [2.24, 2.45) is 11.5 Å². The lowest BCUT2D eigenvalue weighted by Gasteiger charge is -2.15. The van der Waals surface area contributed by atoms with Crippen LogP contribution >= 0.6 is 0 Å². The fraction of sp³-hybridized carbons (Fsp3) is 0.800. The first-order chi connectivity index (χ1) is 4.42. The van der Waals surface area contributed by atoms with Crippen molar-refractivity contribution in [1.82, 2.24) is 0 Å². The molecule has 0 aliphatic heterocycles. The minimum atomic E-state index is -1.73. The molecular weight excluding hydrogens is 136 g/mol. The lowest BCUT2D eigenvalue weighted by molar-refractivity contribution is -0.137. The van der Waals surface area contributed by atoms with Crippen molar-refractivity contribution < 1.29 is 15.0 Å². The van der Waals surface area contributed by atoms with Gasteiger partial charge in [-0.2, -0.15) is 0 Å². The molecule has 0 fully saturated rings. The zero-order valence-corrected chi connectivity index (χ0v) is 5.58. The maximum atomic E-state index is 9.92. The van der Waals surface area contributed by atoms with Crippen molar-refractivity contribution in [3.05, 3.63) is 0 Å². The number of hydrogen-bond donors (Lipinski definition) is 4. The topological polar surface area (TPSA) is 110 Å². The van der Waals surface area contributed by atoms with Gasteiger partial charge < -0.3 is 10.2 Å². The normalized spacial score (nSPS) is 11.5. The number of carboxylic acids is 1. The second kappa shape index (κ2) is 3.50. The zero-order valence-electron chi connectivity index (χ0n) is 5.58. The number of aliphatic carboxylic acids is 1. The molecule has 60 valence electrons. The minimum absolute atomic E-state index is 0.0172. The molecule has 0 bridgehead atoms. The van der Waals surface area contributed by atoms with E-state index in [0.717, 1.165) is 0 Å². The summed E-state index contributed by atoms with van der Waals surface area (Å²) in [6.45, 7) is 0. The quantitative estimate of drug-likeness (QED) is 0.374. The number of rotatable bonds is 4. The first kappa shape index (κ1) is 9.35. The Kier molecular flexibility index (Phi) is 3.27. The van der Waals surface area contributed by atoms with Crippen molar-refractivity contribution >= 4 is 5.97 Å². The molecule has 10 heavy (non-hydrogen) atoms. The van der Waals surface area contributed by atoms with Crippen LogP contribution in [0.2, 0.25) is 0 Å². The van der Waals surface area contributed by atoms with Gasteiger partial charge in [0.15, 0.2) is 5.85 Å². The van der Waals surface area contributed by atoms with E-state index in [2.05, 4.69) is 0 Å². The van der Waals surface area contributed by atoms with Crippen molar-refractivity contribution in [3.63, 3.8) is 0 Å². The van der Waals surface area contributed by atoms with Crippen molar-refractivity contribution in [2.45, 2.75) is 25.1 Å². The van der Waals surface area contributed by atoms with Gasteiger partial charge in [-0.15, -0.1) is 0 Å². The largest absolute Gasteiger partial charge is 0.481 e. The number of aliphatic hydroxyl groups is 1. The van der Waals surface area contributed by atoms with E-state index in [1.54, 1.807) is 0 Å². The Morgan fingerprint density at radius 2 is 2.00 bits per heavy atom. The smallest absolute Gasteiger partial charge is 0.303 e. The third-order valence-electron chi connectivity index (χ3n) is 0.968. The zero-order chi connectivity index (χ0) is 8.20. The molecule has 0 saturated heterocycles. The van der Waals surface area contributed by atoms with Gasteiger partial charge in [0.1, 0.15) is 0 Å². The summed E-state index contributed by atoms with van der Waals surface area (Å²) in [6.07, 6.45) is 0.370. The Balaban J connectivity index is 3.29. The summed E-state index contributed by atoms with van der Waals surface area (Å²) in [6, 6.07) is 0. The summed E-state index contributed by atoms with van der Waals surface area (Å²) in [4.78, 5) is 9.92. The average Bonchev–Trinajstić information content (AvgIpc) is 1.59. The van der Waals surface area contributed by atoms with Crippen LogP contribution in [0, 0.1) is 0 Å². The molecule has 0 amide bonds. The SMILES string of the molecule is NC(N)(O)CCCC(=O)O. The molecule has 0 saturated carbocycles. The van der Waals surface area contributed by atoms with Gasteiger partial charge in [-0.3, -0.25) is 16.3 Å². The summed E-state index contributed by atoms with van der Waals surface area (Å²) in [5.74, 6) is -2.64. The number of carbonyl (C=O) groups is 1. The van der Waals surface area contributed by atoms with Gasteiger partial charge in [0.2, 0.25) is 0 Å². The third-order valence-corrected chi connectivity index (χ3v) is 0.968. The summed E-state index contributed by atoms with van der Waals surface area (Å²) < 4.78 is 0. The molecule has 0 radical (unpaired) electrons. The van der Waals surface area contributed by atoms with Crippen LogP contribution in [0.4, 0.5) is 0 Å². The molecule has 0 heterocycles. The summed E-state index contributed by atoms with van der Waals surface area (Å²) in [5.41, 5.74) is 9.92. The Labute approximate surface area is 58.6 Å². The Morgan fingerprint density at radius 1 is 1.50 bits per heavy atom. The highest BCUT2D eigenvalue weighted by atomic mass is 16.4. The van der Waals surface area contributed by atoms with Crippen LogP contribution in [-0.2, 0) is 4.79 Å².